The van der Waals surface area contributed by atoms with Crippen LogP contribution in [0.25, 0.3) is 0 Å². The summed E-state index contributed by atoms with van der Waals surface area (Å²) < 4.78 is 10.5. The summed E-state index contributed by atoms with van der Waals surface area (Å²) in [6.45, 7) is 1.11. The van der Waals surface area contributed by atoms with Gasteiger partial charge in [-0.05, 0) is 44.0 Å². The average molecular weight is 334 g/mol. The van der Waals surface area contributed by atoms with Crippen LogP contribution in [0.3, 0.4) is 0 Å². The molecule has 5 heteroatoms. The third-order valence-corrected chi connectivity index (χ3v) is 4.77. The third-order valence-electron chi connectivity index (χ3n) is 4.77. The van der Waals surface area contributed by atoms with Crippen molar-refractivity contribution < 1.29 is 14.3 Å². The van der Waals surface area contributed by atoms with E-state index in [1.54, 1.807) is 14.2 Å². The minimum absolute atomic E-state index is 0.101. The van der Waals surface area contributed by atoms with Gasteiger partial charge in [0.15, 0.2) is 11.5 Å². The SMILES string of the molecule is COc1ccc(CCNC(=O)CN(C)C2CCCCC2)cc1OC. The summed E-state index contributed by atoms with van der Waals surface area (Å²) in [4.78, 5) is 14.3. The van der Waals surface area contributed by atoms with Crippen LogP contribution in [0.4, 0.5) is 0 Å². The van der Waals surface area contributed by atoms with Gasteiger partial charge in [0.2, 0.25) is 5.91 Å². The molecule has 1 aromatic carbocycles. The number of carbonyl (C=O) groups excluding carboxylic acids is 1. The van der Waals surface area contributed by atoms with E-state index in [4.69, 9.17) is 9.47 Å². The van der Waals surface area contributed by atoms with E-state index < -0.39 is 0 Å². The summed E-state index contributed by atoms with van der Waals surface area (Å²) in [5, 5.41) is 3.01. The number of carbonyl (C=O) groups is 1. The number of nitrogens with one attached hydrogen (secondary N) is 1. The fourth-order valence-corrected chi connectivity index (χ4v) is 3.32. The molecule has 0 saturated heterocycles. The molecule has 24 heavy (non-hydrogen) atoms. The van der Waals surface area contributed by atoms with Gasteiger partial charge in [-0.3, -0.25) is 9.69 Å². The van der Waals surface area contributed by atoms with E-state index in [0.717, 1.165) is 23.5 Å². The Morgan fingerprint density at radius 2 is 1.88 bits per heavy atom. The van der Waals surface area contributed by atoms with E-state index in [1.807, 2.05) is 18.2 Å². The van der Waals surface area contributed by atoms with Gasteiger partial charge in [0.1, 0.15) is 0 Å². The van der Waals surface area contributed by atoms with Crippen molar-refractivity contribution in [2.24, 2.45) is 0 Å². The van der Waals surface area contributed by atoms with Crippen LogP contribution in [0.15, 0.2) is 18.2 Å². The van der Waals surface area contributed by atoms with E-state index in [1.165, 1.54) is 32.1 Å². The lowest BCUT2D eigenvalue weighted by Gasteiger charge is -2.30. The quantitative estimate of drug-likeness (QED) is 0.794. The maximum Gasteiger partial charge on any atom is 0.234 e. The standard InChI is InChI=1S/C19H30N2O3/c1-21(16-7-5-4-6-8-16)14-19(22)20-12-11-15-9-10-17(23-2)18(13-15)24-3/h9-10,13,16H,4-8,11-12,14H2,1-3H3,(H,20,22). The van der Waals surface area contributed by atoms with Crippen LogP contribution >= 0.6 is 0 Å². The van der Waals surface area contributed by atoms with Crippen molar-refractivity contribution in [3.8, 4) is 11.5 Å². The van der Waals surface area contributed by atoms with Crippen LogP contribution in [0.1, 0.15) is 37.7 Å². The zero-order chi connectivity index (χ0) is 17.4. The van der Waals surface area contributed by atoms with E-state index in [0.29, 0.717) is 19.1 Å². The molecule has 0 unspecified atom stereocenters. The van der Waals surface area contributed by atoms with Crippen molar-refractivity contribution >= 4 is 5.91 Å². The molecule has 0 atom stereocenters. The second-order valence-corrected chi connectivity index (χ2v) is 6.50. The van der Waals surface area contributed by atoms with Gasteiger partial charge in [-0.25, -0.2) is 0 Å². The molecular weight excluding hydrogens is 304 g/mol. The normalized spacial score (nSPS) is 15.3. The van der Waals surface area contributed by atoms with Crippen LogP contribution < -0.4 is 14.8 Å². The monoisotopic (exact) mass is 334 g/mol. The maximum atomic E-state index is 12.1. The van der Waals surface area contributed by atoms with Gasteiger partial charge in [-0.1, -0.05) is 25.3 Å². The molecule has 0 spiro atoms. The van der Waals surface area contributed by atoms with Gasteiger partial charge in [-0.2, -0.15) is 0 Å². The largest absolute Gasteiger partial charge is 0.493 e. The lowest BCUT2D eigenvalue weighted by Crippen LogP contribution is -2.41. The highest BCUT2D eigenvalue weighted by Crippen LogP contribution is 2.27. The molecule has 1 amide bonds. The van der Waals surface area contributed by atoms with Crippen molar-refractivity contribution in [3.63, 3.8) is 0 Å². The van der Waals surface area contributed by atoms with Gasteiger partial charge in [-0.15, -0.1) is 0 Å². The highest BCUT2D eigenvalue weighted by molar-refractivity contribution is 5.78. The van der Waals surface area contributed by atoms with Gasteiger partial charge in [0.05, 0.1) is 20.8 Å². The van der Waals surface area contributed by atoms with Crippen LogP contribution in [0.2, 0.25) is 0 Å². The first kappa shape index (κ1) is 18.6. The zero-order valence-electron chi connectivity index (χ0n) is 15.1. The first-order valence-corrected chi connectivity index (χ1v) is 8.82. The summed E-state index contributed by atoms with van der Waals surface area (Å²) in [7, 11) is 5.31. The predicted molar refractivity (Wildman–Crippen MR) is 95.8 cm³/mol. The molecule has 134 valence electrons. The summed E-state index contributed by atoms with van der Waals surface area (Å²) in [5.74, 6) is 1.54. The molecule has 1 fully saturated rings. The molecular formula is C19H30N2O3. The predicted octanol–water partition coefficient (Wildman–Crippen LogP) is 2.63. The van der Waals surface area contributed by atoms with Crippen molar-refractivity contribution in [1.29, 1.82) is 0 Å². The molecule has 0 bridgehead atoms. The Hall–Kier alpha value is -1.75. The van der Waals surface area contributed by atoms with E-state index in [9.17, 15) is 4.79 Å². The Labute approximate surface area is 145 Å². The number of methoxy groups -OCH3 is 2. The molecule has 1 saturated carbocycles. The highest BCUT2D eigenvalue weighted by atomic mass is 16.5. The fourth-order valence-electron chi connectivity index (χ4n) is 3.32. The Balaban J connectivity index is 1.74. The van der Waals surface area contributed by atoms with Crippen LogP contribution in [0, 0.1) is 0 Å². The van der Waals surface area contributed by atoms with Crippen LogP contribution in [0.5, 0.6) is 11.5 Å². The average Bonchev–Trinajstić information content (AvgIpc) is 2.62. The smallest absolute Gasteiger partial charge is 0.234 e. The van der Waals surface area contributed by atoms with Crippen molar-refractivity contribution in [1.82, 2.24) is 10.2 Å². The van der Waals surface area contributed by atoms with Gasteiger partial charge >= 0.3 is 0 Å². The number of hydrogen-bond acceptors (Lipinski definition) is 4. The lowest BCUT2D eigenvalue weighted by atomic mass is 9.94. The molecule has 0 radical (unpaired) electrons. The molecule has 5 nitrogen and oxygen atoms in total. The third kappa shape index (κ3) is 5.41. The van der Waals surface area contributed by atoms with E-state index >= 15 is 0 Å². The Kier molecular flexibility index (Phi) is 7.37. The number of hydrogen-bond donors (Lipinski definition) is 1. The molecule has 1 aliphatic rings. The number of ether oxygens (including phenoxy) is 2. The van der Waals surface area contributed by atoms with Crippen LogP contribution in [-0.4, -0.2) is 51.2 Å². The highest BCUT2D eigenvalue weighted by Gasteiger charge is 2.19. The number of benzene rings is 1. The Bertz CT molecular complexity index is 527. The summed E-state index contributed by atoms with van der Waals surface area (Å²) >= 11 is 0. The maximum absolute atomic E-state index is 12.1. The Morgan fingerprint density at radius 3 is 2.54 bits per heavy atom. The second kappa shape index (κ2) is 9.52. The minimum atomic E-state index is 0.101. The van der Waals surface area contributed by atoms with Crippen LogP contribution in [-0.2, 0) is 11.2 Å². The molecule has 1 aromatic rings. The van der Waals surface area contributed by atoms with E-state index in [-0.39, 0.29) is 5.91 Å². The van der Waals surface area contributed by atoms with E-state index in [2.05, 4.69) is 17.3 Å². The number of likely N-dealkylation sites (N-methyl/N-ethyl adjacent to an activating group) is 1. The molecule has 0 heterocycles. The van der Waals surface area contributed by atoms with Crippen molar-refractivity contribution in [2.45, 2.75) is 44.6 Å². The minimum Gasteiger partial charge on any atom is -0.493 e. The Morgan fingerprint density at radius 1 is 1.17 bits per heavy atom. The fraction of sp³-hybridized carbons (Fsp3) is 0.632. The molecule has 1 aliphatic carbocycles. The van der Waals surface area contributed by atoms with Gasteiger partial charge in [0.25, 0.3) is 0 Å². The number of rotatable bonds is 8. The topological polar surface area (TPSA) is 50.8 Å². The lowest BCUT2D eigenvalue weighted by molar-refractivity contribution is -0.122. The first-order chi connectivity index (χ1) is 11.6. The number of nitrogens with zero attached hydrogens (tertiary/aromatic N) is 1. The first-order valence-electron chi connectivity index (χ1n) is 8.82. The van der Waals surface area contributed by atoms with Gasteiger partial charge < -0.3 is 14.8 Å². The summed E-state index contributed by atoms with van der Waals surface area (Å²) in [6, 6.07) is 6.42. The van der Waals surface area contributed by atoms with Crippen molar-refractivity contribution in [3.05, 3.63) is 23.8 Å². The van der Waals surface area contributed by atoms with Gasteiger partial charge in [0, 0.05) is 12.6 Å². The number of amides is 1. The molecule has 0 aromatic heterocycles. The second-order valence-electron chi connectivity index (χ2n) is 6.50. The molecule has 0 aliphatic heterocycles. The zero-order valence-corrected chi connectivity index (χ0v) is 15.1. The van der Waals surface area contributed by atoms with Crippen molar-refractivity contribution in [2.75, 3.05) is 34.4 Å². The molecule has 1 N–H and O–H groups in total. The summed E-state index contributed by atoms with van der Waals surface area (Å²) in [6.07, 6.45) is 7.12. The summed E-state index contributed by atoms with van der Waals surface area (Å²) in [5.41, 5.74) is 1.12. The molecule has 2 rings (SSSR count).